The molecule has 1 saturated heterocycles. The van der Waals surface area contributed by atoms with Gasteiger partial charge in [-0.05, 0) is 56.1 Å². The van der Waals surface area contributed by atoms with Crippen molar-refractivity contribution in [2.45, 2.75) is 69.4 Å². The molecule has 2 fully saturated rings. The van der Waals surface area contributed by atoms with E-state index in [0.717, 1.165) is 44.9 Å². The minimum Gasteiger partial charge on any atom is -0.458 e. The van der Waals surface area contributed by atoms with Gasteiger partial charge in [0.2, 0.25) is 5.91 Å². The number of hydrogen-bond acceptors (Lipinski definition) is 3. The van der Waals surface area contributed by atoms with E-state index >= 15 is 0 Å². The van der Waals surface area contributed by atoms with Crippen molar-refractivity contribution in [2.24, 2.45) is 5.92 Å². The maximum Gasteiger partial charge on any atom is 0.307 e. The van der Waals surface area contributed by atoms with Crippen molar-refractivity contribution in [3.05, 3.63) is 35.4 Å². The number of aryl methyl sites for hydroxylation is 1. The molecule has 24 heavy (non-hydrogen) atoms. The van der Waals surface area contributed by atoms with Gasteiger partial charge < -0.3 is 10.1 Å². The lowest BCUT2D eigenvalue weighted by Gasteiger charge is -2.37. The van der Waals surface area contributed by atoms with Crippen LogP contribution in [-0.4, -0.2) is 17.5 Å². The van der Waals surface area contributed by atoms with E-state index in [-0.39, 0.29) is 30.3 Å². The molecule has 4 rings (SSSR count). The second-order valence-corrected chi connectivity index (χ2v) is 7.51. The number of nitrogens with one attached hydrogen (secondary N) is 1. The number of rotatable bonds is 2. The Hall–Kier alpha value is -1.84. The molecule has 1 aliphatic heterocycles. The van der Waals surface area contributed by atoms with Crippen LogP contribution in [0.25, 0.3) is 0 Å². The summed E-state index contributed by atoms with van der Waals surface area (Å²) in [5.74, 6) is -0.523. The van der Waals surface area contributed by atoms with E-state index in [1.165, 1.54) is 17.5 Å². The summed E-state index contributed by atoms with van der Waals surface area (Å²) in [6.45, 7) is 0. The normalized spacial score (nSPS) is 28.2. The van der Waals surface area contributed by atoms with Gasteiger partial charge in [0.05, 0.1) is 18.4 Å². The molecule has 2 aliphatic carbocycles. The first kappa shape index (κ1) is 15.7. The summed E-state index contributed by atoms with van der Waals surface area (Å²) in [7, 11) is 0. The van der Waals surface area contributed by atoms with Crippen molar-refractivity contribution in [2.75, 3.05) is 0 Å². The molecule has 3 aliphatic rings. The Balaban J connectivity index is 1.53. The van der Waals surface area contributed by atoms with Crippen molar-refractivity contribution >= 4 is 11.9 Å². The maximum absolute atomic E-state index is 13.0. The standard InChI is InChI=1S/C20H25NO3/c22-18-13-16(20(24-18)11-4-1-5-12-20)19(23)21-17-10-6-8-14-7-2-3-9-15(14)17/h2-3,7,9,16-17H,1,4-6,8,10-13H2,(H,21,23)/t16-,17-/m1/s1. The van der Waals surface area contributed by atoms with E-state index < -0.39 is 5.60 Å². The first-order valence-electron chi connectivity index (χ1n) is 9.28. The first-order chi connectivity index (χ1) is 11.7. The molecule has 1 saturated carbocycles. The molecule has 1 heterocycles. The number of esters is 1. The van der Waals surface area contributed by atoms with Crippen LogP contribution >= 0.6 is 0 Å². The Labute approximate surface area is 143 Å². The van der Waals surface area contributed by atoms with Crippen LogP contribution in [-0.2, 0) is 20.7 Å². The Morgan fingerprint density at radius 3 is 2.75 bits per heavy atom. The molecular formula is C20H25NO3. The molecule has 4 heteroatoms. The fourth-order valence-electron chi connectivity index (χ4n) is 4.80. The van der Waals surface area contributed by atoms with Crippen molar-refractivity contribution < 1.29 is 14.3 Å². The molecule has 0 bridgehead atoms. The van der Waals surface area contributed by atoms with Gasteiger partial charge in [0.15, 0.2) is 0 Å². The molecule has 0 aromatic heterocycles. The number of carbonyl (C=O) groups is 2. The molecule has 0 radical (unpaired) electrons. The summed E-state index contributed by atoms with van der Waals surface area (Å²) in [4.78, 5) is 24.9. The van der Waals surface area contributed by atoms with Gasteiger partial charge in [0.25, 0.3) is 0 Å². The predicted molar refractivity (Wildman–Crippen MR) is 90.3 cm³/mol. The zero-order chi connectivity index (χ0) is 16.6. The highest BCUT2D eigenvalue weighted by molar-refractivity contribution is 5.88. The van der Waals surface area contributed by atoms with Gasteiger partial charge in [-0.3, -0.25) is 9.59 Å². The zero-order valence-corrected chi connectivity index (χ0v) is 14.1. The van der Waals surface area contributed by atoms with E-state index in [9.17, 15) is 9.59 Å². The summed E-state index contributed by atoms with van der Waals surface area (Å²) < 4.78 is 5.68. The highest BCUT2D eigenvalue weighted by atomic mass is 16.6. The second-order valence-electron chi connectivity index (χ2n) is 7.51. The third kappa shape index (κ3) is 2.72. The van der Waals surface area contributed by atoms with Crippen LogP contribution in [0.2, 0.25) is 0 Å². The molecule has 4 nitrogen and oxygen atoms in total. The predicted octanol–water partition coefficient (Wildman–Crippen LogP) is 3.45. The lowest BCUT2D eigenvalue weighted by Crippen LogP contribution is -2.46. The average molecular weight is 327 g/mol. The van der Waals surface area contributed by atoms with Crippen molar-refractivity contribution in [1.82, 2.24) is 5.32 Å². The first-order valence-corrected chi connectivity index (χ1v) is 9.28. The summed E-state index contributed by atoms with van der Waals surface area (Å²) in [6.07, 6.45) is 8.30. The lowest BCUT2D eigenvalue weighted by molar-refractivity contribution is -0.153. The van der Waals surface area contributed by atoms with E-state index in [1.807, 2.05) is 6.07 Å². The van der Waals surface area contributed by atoms with Crippen LogP contribution in [0.15, 0.2) is 24.3 Å². The summed E-state index contributed by atoms with van der Waals surface area (Å²) in [5.41, 5.74) is 2.04. The van der Waals surface area contributed by atoms with Crippen LogP contribution < -0.4 is 5.32 Å². The minimum absolute atomic E-state index is 0.00412. The van der Waals surface area contributed by atoms with Crippen molar-refractivity contribution in [1.29, 1.82) is 0 Å². The minimum atomic E-state index is -0.534. The van der Waals surface area contributed by atoms with Gasteiger partial charge in [-0.25, -0.2) is 0 Å². The van der Waals surface area contributed by atoms with E-state index in [0.29, 0.717) is 0 Å². The fourth-order valence-corrected chi connectivity index (χ4v) is 4.80. The molecule has 1 aromatic carbocycles. The molecule has 1 N–H and O–H groups in total. The molecule has 1 amide bonds. The van der Waals surface area contributed by atoms with E-state index in [1.54, 1.807) is 0 Å². The summed E-state index contributed by atoms with van der Waals surface area (Å²) >= 11 is 0. The van der Waals surface area contributed by atoms with Gasteiger partial charge in [0, 0.05) is 0 Å². The lowest BCUT2D eigenvalue weighted by atomic mass is 9.75. The van der Waals surface area contributed by atoms with Gasteiger partial charge in [0.1, 0.15) is 5.60 Å². The average Bonchev–Trinajstić information content (AvgIpc) is 2.91. The van der Waals surface area contributed by atoms with Crippen LogP contribution in [0.5, 0.6) is 0 Å². The van der Waals surface area contributed by atoms with Crippen LogP contribution in [0.1, 0.15) is 68.5 Å². The van der Waals surface area contributed by atoms with Crippen molar-refractivity contribution in [3.8, 4) is 0 Å². The Morgan fingerprint density at radius 2 is 1.92 bits per heavy atom. The Morgan fingerprint density at radius 1 is 1.12 bits per heavy atom. The van der Waals surface area contributed by atoms with Gasteiger partial charge >= 0.3 is 5.97 Å². The van der Waals surface area contributed by atoms with E-state index in [2.05, 4.69) is 23.5 Å². The van der Waals surface area contributed by atoms with Gasteiger partial charge in [-0.2, -0.15) is 0 Å². The van der Waals surface area contributed by atoms with E-state index in [4.69, 9.17) is 4.74 Å². The smallest absolute Gasteiger partial charge is 0.307 e. The number of fused-ring (bicyclic) bond motifs is 1. The number of carbonyl (C=O) groups excluding carboxylic acids is 2. The SMILES string of the molecule is O=C1C[C@H](C(=O)N[C@@H]2CCCc3ccccc32)C2(CCCCC2)O1. The molecule has 128 valence electrons. The van der Waals surface area contributed by atoms with Crippen LogP contribution in [0.4, 0.5) is 0 Å². The maximum atomic E-state index is 13.0. The quantitative estimate of drug-likeness (QED) is 0.847. The Kier molecular flexibility index (Phi) is 4.07. The summed E-state index contributed by atoms with van der Waals surface area (Å²) in [5, 5.41) is 3.24. The molecule has 2 atom stereocenters. The van der Waals surface area contributed by atoms with Gasteiger partial charge in [-0.15, -0.1) is 0 Å². The van der Waals surface area contributed by atoms with Crippen LogP contribution in [0, 0.1) is 5.92 Å². The molecular weight excluding hydrogens is 302 g/mol. The number of benzene rings is 1. The van der Waals surface area contributed by atoms with Crippen LogP contribution in [0.3, 0.4) is 0 Å². The third-order valence-corrected chi connectivity index (χ3v) is 6.03. The Bertz CT molecular complexity index is 648. The molecule has 1 spiro atoms. The third-order valence-electron chi connectivity index (χ3n) is 6.03. The second kappa shape index (κ2) is 6.23. The number of ether oxygens (including phenoxy) is 1. The number of amides is 1. The highest BCUT2D eigenvalue weighted by Crippen LogP contribution is 2.44. The fraction of sp³-hybridized carbons (Fsp3) is 0.600. The monoisotopic (exact) mass is 327 g/mol. The zero-order valence-electron chi connectivity index (χ0n) is 14.1. The van der Waals surface area contributed by atoms with Gasteiger partial charge in [-0.1, -0.05) is 30.7 Å². The topological polar surface area (TPSA) is 55.4 Å². The summed E-state index contributed by atoms with van der Waals surface area (Å²) in [6, 6.07) is 8.43. The number of hydrogen-bond donors (Lipinski definition) is 1. The largest absolute Gasteiger partial charge is 0.458 e. The van der Waals surface area contributed by atoms with Crippen molar-refractivity contribution in [3.63, 3.8) is 0 Å². The highest BCUT2D eigenvalue weighted by Gasteiger charge is 2.53. The molecule has 1 aromatic rings. The molecule has 0 unspecified atom stereocenters.